The van der Waals surface area contributed by atoms with Gasteiger partial charge in [-0.25, -0.2) is 9.37 Å². The van der Waals surface area contributed by atoms with E-state index in [4.69, 9.17) is 16.9 Å². The van der Waals surface area contributed by atoms with Crippen molar-refractivity contribution in [3.63, 3.8) is 0 Å². The minimum atomic E-state index is -1.94. The maximum Gasteiger partial charge on any atom is 0.266 e. The number of carbonyl (C=O) groups excluding carboxylic acids is 1. The number of alkyl halides is 1. The fraction of sp³-hybridized carbons (Fsp3) is 0.643. The Morgan fingerprint density at radius 3 is 2.64 bits per heavy atom. The number of amides is 1. The van der Waals surface area contributed by atoms with Crippen molar-refractivity contribution < 1.29 is 9.18 Å². The molecule has 2 rings (SSSR count). The van der Waals surface area contributed by atoms with Crippen molar-refractivity contribution in [2.24, 2.45) is 0 Å². The normalized spacial score (nSPS) is 24.3. The smallest absolute Gasteiger partial charge is 0.266 e. The molecule has 0 unspecified atom stereocenters. The number of nitriles is 1. The molecule has 0 aromatic carbocycles. The van der Waals surface area contributed by atoms with E-state index in [0.717, 1.165) is 4.88 Å². The molecule has 1 saturated carbocycles. The molecule has 1 heterocycles. The molecule has 0 atom stereocenters. The number of hydrogen-bond acceptors (Lipinski definition) is 5. The monoisotopic (exact) mass is 344 g/mol. The van der Waals surface area contributed by atoms with Gasteiger partial charge in [0.15, 0.2) is 17.0 Å². The summed E-state index contributed by atoms with van der Waals surface area (Å²) in [6.45, 7) is 6.00. The highest BCUT2D eigenvalue weighted by Gasteiger charge is 2.53. The number of anilines is 1. The van der Waals surface area contributed by atoms with Crippen molar-refractivity contribution in [2.75, 3.05) is 11.9 Å². The Morgan fingerprint density at radius 1 is 1.59 bits per heavy atom. The Kier molecular flexibility index (Phi) is 4.37. The summed E-state index contributed by atoms with van der Waals surface area (Å²) >= 11 is 7.42. The molecule has 1 aromatic heterocycles. The van der Waals surface area contributed by atoms with Gasteiger partial charge in [0.05, 0.1) is 4.88 Å². The van der Waals surface area contributed by atoms with Gasteiger partial charge in [0.2, 0.25) is 0 Å². The van der Waals surface area contributed by atoms with Crippen LogP contribution in [0.3, 0.4) is 0 Å². The van der Waals surface area contributed by atoms with Crippen molar-refractivity contribution in [1.29, 1.82) is 5.26 Å². The SMILES string of the molecule is CN(c1nc(Cl)c(C(C)(C)C)s1)C(=O)[C@]1(F)C[C@H](NC#N)C1. The van der Waals surface area contributed by atoms with E-state index in [9.17, 15) is 9.18 Å². The zero-order valence-corrected chi connectivity index (χ0v) is 14.5. The first kappa shape index (κ1) is 17.0. The highest BCUT2D eigenvalue weighted by molar-refractivity contribution is 7.16. The lowest BCUT2D eigenvalue weighted by Gasteiger charge is -2.40. The zero-order valence-electron chi connectivity index (χ0n) is 12.9. The molecular weight excluding hydrogens is 327 g/mol. The lowest BCUT2D eigenvalue weighted by molar-refractivity contribution is -0.136. The second kappa shape index (κ2) is 5.67. The number of halogens is 2. The van der Waals surface area contributed by atoms with E-state index in [1.54, 1.807) is 6.19 Å². The number of rotatable bonds is 3. The zero-order chi connectivity index (χ0) is 16.7. The molecule has 0 saturated heterocycles. The first-order valence-corrected chi connectivity index (χ1v) is 8.06. The Balaban J connectivity index is 2.14. The predicted molar refractivity (Wildman–Crippen MR) is 84.8 cm³/mol. The summed E-state index contributed by atoms with van der Waals surface area (Å²) in [5.41, 5.74) is -2.13. The highest BCUT2D eigenvalue weighted by Crippen LogP contribution is 2.41. The van der Waals surface area contributed by atoms with Gasteiger partial charge in [0.25, 0.3) is 5.91 Å². The van der Waals surface area contributed by atoms with Crippen LogP contribution in [-0.4, -0.2) is 29.6 Å². The van der Waals surface area contributed by atoms with Crippen molar-refractivity contribution in [3.8, 4) is 6.19 Å². The lowest BCUT2D eigenvalue weighted by atomic mass is 9.76. The molecule has 1 aliphatic carbocycles. The van der Waals surface area contributed by atoms with Crippen molar-refractivity contribution >= 4 is 34.0 Å². The Bertz CT molecular complexity index is 628. The first-order valence-electron chi connectivity index (χ1n) is 6.87. The number of hydrogen-bond donors (Lipinski definition) is 1. The molecular formula is C14H18ClFN4OS. The third-order valence-corrected chi connectivity index (χ3v) is 5.58. The Hall–Kier alpha value is -1.39. The van der Waals surface area contributed by atoms with Crippen LogP contribution in [0.4, 0.5) is 9.52 Å². The Labute approximate surface area is 138 Å². The quantitative estimate of drug-likeness (QED) is 0.676. The van der Waals surface area contributed by atoms with Crippen LogP contribution in [0, 0.1) is 11.5 Å². The molecule has 8 heteroatoms. The standard InChI is InChI=1S/C14H18ClFN4OS/c1-13(2,3)9-10(15)19-12(22-9)20(4)11(21)14(16)5-8(6-14)18-7-17/h8,18H,5-6H2,1-4H3/t8-,14-. The second-order valence-corrected chi connectivity index (χ2v) is 7.89. The van der Waals surface area contributed by atoms with Crippen molar-refractivity contribution in [3.05, 3.63) is 10.0 Å². The molecule has 0 aliphatic heterocycles. The lowest BCUT2D eigenvalue weighted by Crippen LogP contribution is -2.58. The molecule has 22 heavy (non-hydrogen) atoms. The van der Waals surface area contributed by atoms with Gasteiger partial charge in [-0.2, -0.15) is 5.26 Å². The van der Waals surface area contributed by atoms with E-state index < -0.39 is 11.6 Å². The van der Waals surface area contributed by atoms with E-state index in [0.29, 0.717) is 10.3 Å². The number of carbonyl (C=O) groups is 1. The maximum absolute atomic E-state index is 14.6. The molecule has 0 spiro atoms. The van der Waals surface area contributed by atoms with Crippen LogP contribution in [0.25, 0.3) is 0 Å². The summed E-state index contributed by atoms with van der Waals surface area (Å²) in [7, 11) is 1.50. The summed E-state index contributed by atoms with van der Waals surface area (Å²) < 4.78 is 14.6. The third-order valence-electron chi connectivity index (χ3n) is 3.64. The molecule has 5 nitrogen and oxygen atoms in total. The van der Waals surface area contributed by atoms with Gasteiger partial charge >= 0.3 is 0 Å². The first-order chi connectivity index (χ1) is 10.1. The summed E-state index contributed by atoms with van der Waals surface area (Å²) in [5, 5.41) is 11.7. The predicted octanol–water partition coefficient (Wildman–Crippen LogP) is 3.00. The molecule has 1 fully saturated rings. The van der Waals surface area contributed by atoms with Crippen LogP contribution in [0.2, 0.25) is 5.15 Å². The van der Waals surface area contributed by atoms with Crippen LogP contribution < -0.4 is 10.2 Å². The van der Waals surface area contributed by atoms with Gasteiger partial charge in [-0.3, -0.25) is 9.69 Å². The Morgan fingerprint density at radius 2 is 2.18 bits per heavy atom. The van der Waals surface area contributed by atoms with Gasteiger partial charge < -0.3 is 5.32 Å². The minimum Gasteiger partial charge on any atom is -0.321 e. The maximum atomic E-state index is 14.6. The molecule has 1 aromatic rings. The van der Waals surface area contributed by atoms with E-state index in [1.165, 1.54) is 23.3 Å². The topological polar surface area (TPSA) is 69.0 Å². The van der Waals surface area contributed by atoms with Crippen molar-refractivity contribution in [2.45, 2.75) is 50.7 Å². The van der Waals surface area contributed by atoms with Crippen LogP contribution in [0.5, 0.6) is 0 Å². The molecule has 1 aliphatic rings. The largest absolute Gasteiger partial charge is 0.321 e. The average Bonchev–Trinajstić information content (AvgIpc) is 2.77. The van der Waals surface area contributed by atoms with E-state index >= 15 is 0 Å². The van der Waals surface area contributed by atoms with E-state index in [2.05, 4.69) is 10.3 Å². The summed E-state index contributed by atoms with van der Waals surface area (Å²) in [5.74, 6) is -0.644. The van der Waals surface area contributed by atoms with Crippen molar-refractivity contribution in [1.82, 2.24) is 10.3 Å². The van der Waals surface area contributed by atoms with Crippen LogP contribution in [0.15, 0.2) is 0 Å². The van der Waals surface area contributed by atoms with Gasteiger partial charge in [-0.05, 0) is 5.41 Å². The molecule has 1 N–H and O–H groups in total. The number of nitrogens with one attached hydrogen (secondary N) is 1. The fourth-order valence-electron chi connectivity index (χ4n) is 2.37. The molecule has 1 amide bonds. The molecule has 0 bridgehead atoms. The minimum absolute atomic E-state index is 0.00499. The number of aromatic nitrogens is 1. The summed E-state index contributed by atoms with van der Waals surface area (Å²) in [6.07, 6.45) is 1.76. The highest BCUT2D eigenvalue weighted by atomic mass is 35.5. The number of nitrogens with zero attached hydrogens (tertiary/aromatic N) is 3. The number of thiazole rings is 1. The second-order valence-electron chi connectivity index (χ2n) is 6.56. The fourth-order valence-corrected chi connectivity index (χ4v) is 3.88. The van der Waals surface area contributed by atoms with Gasteiger partial charge in [0.1, 0.15) is 5.15 Å². The third kappa shape index (κ3) is 3.03. The van der Waals surface area contributed by atoms with Gasteiger partial charge in [0, 0.05) is 25.9 Å². The van der Waals surface area contributed by atoms with Crippen LogP contribution in [0.1, 0.15) is 38.5 Å². The van der Waals surface area contributed by atoms with Gasteiger partial charge in [-0.1, -0.05) is 43.7 Å². The summed E-state index contributed by atoms with van der Waals surface area (Å²) in [6, 6.07) is -0.280. The molecule has 120 valence electrons. The van der Waals surface area contributed by atoms with Gasteiger partial charge in [-0.15, -0.1) is 0 Å². The van der Waals surface area contributed by atoms with E-state index in [-0.39, 0.29) is 24.3 Å². The van der Waals surface area contributed by atoms with Crippen LogP contribution in [-0.2, 0) is 10.2 Å². The van der Waals surface area contributed by atoms with E-state index in [1.807, 2.05) is 20.8 Å². The molecule has 0 radical (unpaired) electrons. The average molecular weight is 345 g/mol. The van der Waals surface area contributed by atoms with Crippen LogP contribution >= 0.6 is 22.9 Å². The summed E-state index contributed by atoms with van der Waals surface area (Å²) in [4.78, 5) is 18.6.